The van der Waals surface area contributed by atoms with Gasteiger partial charge in [0.15, 0.2) is 5.82 Å². The van der Waals surface area contributed by atoms with E-state index < -0.39 is 0 Å². The van der Waals surface area contributed by atoms with E-state index in [4.69, 9.17) is 4.52 Å². The number of aromatic hydroxyl groups is 1. The first-order chi connectivity index (χ1) is 8.70. The fourth-order valence-electron chi connectivity index (χ4n) is 1.41. The Morgan fingerprint density at radius 1 is 1.44 bits per heavy atom. The largest absolute Gasteiger partial charge is 0.507 e. The number of phenols is 1. The molecule has 0 aliphatic heterocycles. The molecular weight excluding hydrogens is 316 g/mol. The van der Waals surface area contributed by atoms with E-state index in [2.05, 4.69) is 33.0 Å². The van der Waals surface area contributed by atoms with Gasteiger partial charge in [0.25, 0.3) is 5.89 Å². The normalized spacial score (nSPS) is 10.8. The van der Waals surface area contributed by atoms with E-state index in [0.29, 0.717) is 17.3 Å². The molecule has 18 heavy (non-hydrogen) atoms. The number of aromatic nitrogens is 2. The summed E-state index contributed by atoms with van der Waals surface area (Å²) in [5.74, 6) is 2.94. The number of nitrogens with zero attached hydrogens (tertiary/aromatic N) is 2. The van der Waals surface area contributed by atoms with Crippen molar-refractivity contribution in [2.75, 3.05) is 5.75 Å². The van der Waals surface area contributed by atoms with Gasteiger partial charge in [-0.1, -0.05) is 28.0 Å². The van der Waals surface area contributed by atoms with Crippen molar-refractivity contribution < 1.29 is 9.63 Å². The minimum Gasteiger partial charge on any atom is -0.507 e. The Morgan fingerprint density at radius 2 is 2.28 bits per heavy atom. The fraction of sp³-hybridized carbons (Fsp3) is 0.333. The molecule has 0 saturated carbocycles. The zero-order valence-electron chi connectivity index (χ0n) is 9.89. The van der Waals surface area contributed by atoms with Crippen molar-refractivity contribution in [1.82, 2.24) is 10.1 Å². The van der Waals surface area contributed by atoms with Gasteiger partial charge >= 0.3 is 0 Å². The highest BCUT2D eigenvalue weighted by molar-refractivity contribution is 9.10. The molecule has 2 rings (SSSR count). The van der Waals surface area contributed by atoms with Crippen LogP contribution in [0.5, 0.6) is 5.75 Å². The van der Waals surface area contributed by atoms with E-state index in [9.17, 15) is 5.11 Å². The predicted molar refractivity (Wildman–Crippen MR) is 75.6 cm³/mol. The molecule has 0 saturated heterocycles. The van der Waals surface area contributed by atoms with Crippen molar-refractivity contribution >= 4 is 27.7 Å². The Balaban J connectivity index is 2.16. The number of benzene rings is 1. The zero-order valence-corrected chi connectivity index (χ0v) is 12.3. The standard InChI is InChI=1S/C12H13BrN2O2S/c1-2-5-18-7-11-14-12(17-15-11)9-6-8(13)3-4-10(9)16/h3-4,6,16H,2,5,7H2,1H3. The highest BCUT2D eigenvalue weighted by atomic mass is 79.9. The highest BCUT2D eigenvalue weighted by Gasteiger charge is 2.13. The molecule has 0 spiro atoms. The molecule has 0 aliphatic carbocycles. The second-order valence-electron chi connectivity index (χ2n) is 3.73. The van der Waals surface area contributed by atoms with Crippen molar-refractivity contribution in [1.29, 1.82) is 0 Å². The molecule has 1 aromatic heterocycles. The molecule has 0 aliphatic rings. The van der Waals surface area contributed by atoms with Gasteiger partial charge in [0, 0.05) is 4.47 Å². The molecule has 0 fully saturated rings. The van der Waals surface area contributed by atoms with Crippen LogP contribution in [0.4, 0.5) is 0 Å². The summed E-state index contributed by atoms with van der Waals surface area (Å²) in [4.78, 5) is 4.27. The lowest BCUT2D eigenvalue weighted by molar-refractivity contribution is 0.419. The summed E-state index contributed by atoms with van der Waals surface area (Å²) in [5.41, 5.74) is 0.545. The van der Waals surface area contributed by atoms with E-state index in [0.717, 1.165) is 22.4 Å². The summed E-state index contributed by atoms with van der Waals surface area (Å²) in [6.07, 6.45) is 1.13. The maximum absolute atomic E-state index is 9.76. The Labute approximate surface area is 118 Å². The van der Waals surface area contributed by atoms with Crippen LogP contribution in [-0.2, 0) is 5.75 Å². The highest BCUT2D eigenvalue weighted by Crippen LogP contribution is 2.30. The molecule has 0 radical (unpaired) electrons. The molecule has 1 N–H and O–H groups in total. The third kappa shape index (κ3) is 3.26. The zero-order chi connectivity index (χ0) is 13.0. The summed E-state index contributed by atoms with van der Waals surface area (Å²) in [6.45, 7) is 2.13. The van der Waals surface area contributed by atoms with Crippen LogP contribution >= 0.6 is 27.7 Å². The second kappa shape index (κ2) is 6.24. The number of thioether (sulfide) groups is 1. The summed E-state index contributed by atoms with van der Waals surface area (Å²) < 4.78 is 6.02. The fourth-order valence-corrected chi connectivity index (χ4v) is 2.50. The number of halogens is 1. The summed E-state index contributed by atoms with van der Waals surface area (Å²) >= 11 is 5.11. The van der Waals surface area contributed by atoms with E-state index >= 15 is 0 Å². The molecule has 0 bridgehead atoms. The van der Waals surface area contributed by atoms with Gasteiger partial charge < -0.3 is 9.63 Å². The number of hydrogen-bond donors (Lipinski definition) is 1. The molecular formula is C12H13BrN2O2S. The SMILES string of the molecule is CCCSCc1noc(-c2cc(Br)ccc2O)n1. The van der Waals surface area contributed by atoms with Crippen LogP contribution in [0.15, 0.2) is 27.2 Å². The first kappa shape index (κ1) is 13.4. The maximum atomic E-state index is 9.76. The monoisotopic (exact) mass is 328 g/mol. The van der Waals surface area contributed by atoms with Gasteiger partial charge in [-0.15, -0.1) is 0 Å². The van der Waals surface area contributed by atoms with Gasteiger partial charge in [0.2, 0.25) is 0 Å². The smallest absolute Gasteiger partial charge is 0.261 e. The Kier molecular flexibility index (Phi) is 4.66. The lowest BCUT2D eigenvalue weighted by Gasteiger charge is -1.99. The van der Waals surface area contributed by atoms with E-state index in [1.807, 2.05) is 0 Å². The molecule has 0 amide bonds. The van der Waals surface area contributed by atoms with Gasteiger partial charge in [0.1, 0.15) is 5.75 Å². The summed E-state index contributed by atoms with van der Waals surface area (Å²) in [5, 5.41) is 13.7. The molecule has 4 nitrogen and oxygen atoms in total. The second-order valence-corrected chi connectivity index (χ2v) is 5.75. The maximum Gasteiger partial charge on any atom is 0.261 e. The van der Waals surface area contributed by atoms with Crippen LogP contribution in [0.1, 0.15) is 19.2 Å². The van der Waals surface area contributed by atoms with Gasteiger partial charge in [-0.25, -0.2) is 0 Å². The summed E-state index contributed by atoms with van der Waals surface area (Å²) in [6, 6.07) is 5.11. The third-order valence-corrected chi connectivity index (χ3v) is 3.89. The Morgan fingerprint density at radius 3 is 3.06 bits per heavy atom. The number of hydrogen-bond acceptors (Lipinski definition) is 5. The van der Waals surface area contributed by atoms with Gasteiger partial charge in [-0.2, -0.15) is 16.7 Å². The van der Waals surface area contributed by atoms with Crippen molar-refractivity contribution in [3.63, 3.8) is 0 Å². The van der Waals surface area contributed by atoms with Crippen LogP contribution in [0, 0.1) is 0 Å². The van der Waals surface area contributed by atoms with Crippen molar-refractivity contribution in [3.05, 3.63) is 28.5 Å². The summed E-state index contributed by atoms with van der Waals surface area (Å²) in [7, 11) is 0. The lowest BCUT2D eigenvalue weighted by Crippen LogP contribution is -1.85. The predicted octanol–water partition coefficient (Wildman–Crippen LogP) is 3.85. The first-order valence-corrected chi connectivity index (χ1v) is 7.54. The van der Waals surface area contributed by atoms with Crippen molar-refractivity contribution in [2.45, 2.75) is 19.1 Å². The van der Waals surface area contributed by atoms with Crippen LogP contribution in [0.25, 0.3) is 11.5 Å². The quantitative estimate of drug-likeness (QED) is 0.845. The molecule has 1 heterocycles. The van der Waals surface area contributed by atoms with E-state index in [-0.39, 0.29) is 5.75 Å². The van der Waals surface area contributed by atoms with Crippen LogP contribution in [-0.4, -0.2) is 21.0 Å². The van der Waals surface area contributed by atoms with Gasteiger partial charge in [0.05, 0.1) is 11.3 Å². The van der Waals surface area contributed by atoms with Crippen LogP contribution < -0.4 is 0 Å². The Hall–Kier alpha value is -1.01. The van der Waals surface area contributed by atoms with E-state index in [1.165, 1.54) is 0 Å². The molecule has 0 atom stereocenters. The van der Waals surface area contributed by atoms with Crippen molar-refractivity contribution in [2.24, 2.45) is 0 Å². The lowest BCUT2D eigenvalue weighted by atomic mass is 10.2. The molecule has 2 aromatic rings. The average molecular weight is 329 g/mol. The molecule has 96 valence electrons. The van der Waals surface area contributed by atoms with E-state index in [1.54, 1.807) is 30.0 Å². The van der Waals surface area contributed by atoms with Gasteiger partial charge in [-0.05, 0) is 30.4 Å². The van der Waals surface area contributed by atoms with Crippen LogP contribution in [0.2, 0.25) is 0 Å². The molecule has 6 heteroatoms. The minimum atomic E-state index is 0.134. The number of rotatable bonds is 5. The van der Waals surface area contributed by atoms with Crippen LogP contribution in [0.3, 0.4) is 0 Å². The number of phenolic OH excluding ortho intramolecular Hbond substituents is 1. The Bertz CT molecular complexity index is 531. The first-order valence-electron chi connectivity index (χ1n) is 5.60. The minimum absolute atomic E-state index is 0.134. The molecule has 0 unspecified atom stereocenters. The molecule has 1 aromatic carbocycles. The topological polar surface area (TPSA) is 59.2 Å². The van der Waals surface area contributed by atoms with Gasteiger partial charge in [-0.3, -0.25) is 0 Å². The third-order valence-electron chi connectivity index (χ3n) is 2.24. The average Bonchev–Trinajstić information content (AvgIpc) is 2.81. The van der Waals surface area contributed by atoms with Crippen molar-refractivity contribution in [3.8, 4) is 17.2 Å².